The van der Waals surface area contributed by atoms with Crippen LogP contribution < -0.4 is 0 Å². The Hall–Kier alpha value is -2.86. The van der Waals surface area contributed by atoms with Crippen LogP contribution in [0.4, 0.5) is 5.69 Å². The molecule has 1 amide bonds. The predicted octanol–water partition coefficient (Wildman–Crippen LogP) is 5.06. The molecule has 3 aromatic rings. The summed E-state index contributed by atoms with van der Waals surface area (Å²) in [7, 11) is 1.73. The van der Waals surface area contributed by atoms with Crippen molar-refractivity contribution in [2.24, 2.45) is 0 Å². The Morgan fingerprint density at radius 1 is 1.07 bits per heavy atom. The molecule has 0 aliphatic heterocycles. The van der Waals surface area contributed by atoms with Crippen molar-refractivity contribution < 1.29 is 9.72 Å². The smallest absolute Gasteiger partial charge is 0.269 e. The molecule has 138 valence electrons. The van der Waals surface area contributed by atoms with Crippen LogP contribution in [-0.4, -0.2) is 28.5 Å². The summed E-state index contributed by atoms with van der Waals surface area (Å²) in [5.41, 5.74) is 0.779. The molecular formula is C21H20N2O3S. The zero-order valence-corrected chi connectivity index (χ0v) is 16.0. The maximum absolute atomic E-state index is 12.6. The molecule has 3 aromatic carbocycles. The highest BCUT2D eigenvalue weighted by Crippen LogP contribution is 2.26. The van der Waals surface area contributed by atoms with Crippen LogP contribution in [0.25, 0.3) is 10.8 Å². The van der Waals surface area contributed by atoms with Gasteiger partial charge in [0.2, 0.25) is 5.91 Å². The largest absolute Gasteiger partial charge is 0.338 e. The Labute approximate surface area is 162 Å². The van der Waals surface area contributed by atoms with E-state index in [2.05, 4.69) is 24.3 Å². The zero-order valence-electron chi connectivity index (χ0n) is 15.2. The molecule has 1 atom stereocenters. The number of nitro benzene ring substituents is 1. The topological polar surface area (TPSA) is 63.5 Å². The first-order valence-electron chi connectivity index (χ1n) is 8.57. The minimum atomic E-state index is -0.423. The molecule has 0 N–H and O–H groups in total. The van der Waals surface area contributed by atoms with Crippen LogP contribution in [0, 0.1) is 10.1 Å². The molecule has 0 fully saturated rings. The monoisotopic (exact) mass is 380 g/mol. The summed E-state index contributed by atoms with van der Waals surface area (Å²) in [6.45, 7) is 1.87. The quantitative estimate of drug-likeness (QED) is 0.341. The second-order valence-electron chi connectivity index (χ2n) is 6.33. The number of non-ortho nitro benzene ring substituents is 1. The maximum atomic E-state index is 12.6. The number of amides is 1. The third-order valence-electron chi connectivity index (χ3n) is 4.62. The third kappa shape index (κ3) is 4.46. The second kappa shape index (κ2) is 8.22. The van der Waals surface area contributed by atoms with Crippen LogP contribution in [0.1, 0.15) is 18.5 Å². The summed E-state index contributed by atoms with van der Waals surface area (Å²) >= 11 is 1.49. The molecule has 0 aromatic heterocycles. The minimum absolute atomic E-state index is 0.0211. The van der Waals surface area contributed by atoms with E-state index >= 15 is 0 Å². The lowest BCUT2D eigenvalue weighted by molar-refractivity contribution is -0.384. The summed E-state index contributed by atoms with van der Waals surface area (Å²) < 4.78 is 0. The number of thioether (sulfide) groups is 1. The molecular weight excluding hydrogens is 360 g/mol. The Balaban J connectivity index is 1.65. The van der Waals surface area contributed by atoms with Crippen molar-refractivity contribution in [2.75, 3.05) is 12.8 Å². The predicted molar refractivity (Wildman–Crippen MR) is 109 cm³/mol. The standard InChI is InChI=1S/C21H20N2O3S/c1-15(17-8-5-9-19(12-17)23(25)26)22(2)21(24)14-27-20-11-10-16-6-3-4-7-18(16)13-20/h3-13,15H,14H2,1-2H3. The number of carbonyl (C=O) groups excluding carboxylic acids is 1. The number of hydrogen-bond donors (Lipinski definition) is 0. The van der Waals surface area contributed by atoms with Gasteiger partial charge in [-0.1, -0.05) is 42.5 Å². The summed E-state index contributed by atoms with van der Waals surface area (Å²) in [5.74, 6) is 0.292. The van der Waals surface area contributed by atoms with Gasteiger partial charge in [-0.2, -0.15) is 0 Å². The van der Waals surface area contributed by atoms with Gasteiger partial charge in [-0.15, -0.1) is 11.8 Å². The van der Waals surface area contributed by atoms with E-state index in [9.17, 15) is 14.9 Å². The first kappa shape index (κ1) is 18.9. The van der Waals surface area contributed by atoms with Crippen LogP contribution >= 0.6 is 11.8 Å². The van der Waals surface area contributed by atoms with Crippen molar-refractivity contribution >= 4 is 34.1 Å². The van der Waals surface area contributed by atoms with Gasteiger partial charge >= 0.3 is 0 Å². The van der Waals surface area contributed by atoms with Crippen LogP contribution in [-0.2, 0) is 4.79 Å². The van der Waals surface area contributed by atoms with Gasteiger partial charge in [0.15, 0.2) is 0 Å². The number of carbonyl (C=O) groups is 1. The highest BCUT2D eigenvalue weighted by Gasteiger charge is 2.19. The summed E-state index contributed by atoms with van der Waals surface area (Å²) in [5, 5.41) is 13.3. The summed E-state index contributed by atoms with van der Waals surface area (Å²) in [4.78, 5) is 25.8. The molecule has 0 radical (unpaired) electrons. The molecule has 1 unspecified atom stereocenters. The van der Waals surface area contributed by atoms with E-state index in [-0.39, 0.29) is 17.6 Å². The van der Waals surface area contributed by atoms with Gasteiger partial charge in [0.25, 0.3) is 5.69 Å². The first-order valence-corrected chi connectivity index (χ1v) is 9.56. The van der Waals surface area contributed by atoms with Gasteiger partial charge in [-0.05, 0) is 35.4 Å². The van der Waals surface area contributed by atoms with E-state index in [0.717, 1.165) is 15.8 Å². The number of benzene rings is 3. The Kier molecular flexibility index (Phi) is 5.76. The van der Waals surface area contributed by atoms with Crippen molar-refractivity contribution in [1.82, 2.24) is 4.90 Å². The highest BCUT2D eigenvalue weighted by atomic mass is 32.2. The van der Waals surface area contributed by atoms with Crippen LogP contribution in [0.3, 0.4) is 0 Å². The highest BCUT2D eigenvalue weighted by molar-refractivity contribution is 8.00. The zero-order chi connectivity index (χ0) is 19.4. The van der Waals surface area contributed by atoms with E-state index in [1.165, 1.54) is 29.3 Å². The number of fused-ring (bicyclic) bond motifs is 1. The van der Waals surface area contributed by atoms with Crippen molar-refractivity contribution in [1.29, 1.82) is 0 Å². The first-order chi connectivity index (χ1) is 13.0. The van der Waals surface area contributed by atoms with Crippen molar-refractivity contribution in [3.63, 3.8) is 0 Å². The van der Waals surface area contributed by atoms with Gasteiger partial charge in [0, 0.05) is 24.1 Å². The van der Waals surface area contributed by atoms with E-state index in [4.69, 9.17) is 0 Å². The lowest BCUT2D eigenvalue weighted by atomic mass is 10.1. The average Bonchev–Trinajstić information content (AvgIpc) is 2.70. The van der Waals surface area contributed by atoms with Crippen molar-refractivity contribution in [2.45, 2.75) is 17.9 Å². The Morgan fingerprint density at radius 3 is 2.56 bits per heavy atom. The fourth-order valence-corrected chi connectivity index (χ4v) is 3.71. The molecule has 5 nitrogen and oxygen atoms in total. The van der Waals surface area contributed by atoms with Gasteiger partial charge in [-0.25, -0.2) is 0 Å². The fraction of sp³-hybridized carbons (Fsp3) is 0.190. The Bertz CT molecular complexity index is 990. The van der Waals surface area contributed by atoms with Gasteiger partial charge in [-0.3, -0.25) is 14.9 Å². The second-order valence-corrected chi connectivity index (χ2v) is 7.38. The minimum Gasteiger partial charge on any atom is -0.338 e. The van der Waals surface area contributed by atoms with Crippen LogP contribution in [0.15, 0.2) is 71.6 Å². The van der Waals surface area contributed by atoms with Crippen molar-refractivity contribution in [3.05, 3.63) is 82.4 Å². The molecule has 27 heavy (non-hydrogen) atoms. The third-order valence-corrected chi connectivity index (χ3v) is 5.60. The molecule has 0 bridgehead atoms. The molecule has 0 saturated carbocycles. The van der Waals surface area contributed by atoms with Crippen LogP contribution in [0.2, 0.25) is 0 Å². The molecule has 0 aliphatic rings. The summed E-state index contributed by atoms with van der Waals surface area (Å²) in [6, 6.07) is 20.4. The molecule has 0 spiro atoms. The van der Waals surface area contributed by atoms with Gasteiger partial charge in [0.1, 0.15) is 0 Å². The van der Waals surface area contributed by atoms with Crippen molar-refractivity contribution in [3.8, 4) is 0 Å². The van der Waals surface area contributed by atoms with E-state index in [1.807, 2.05) is 25.1 Å². The maximum Gasteiger partial charge on any atom is 0.269 e. The SMILES string of the molecule is CC(c1cccc([N+](=O)[O-])c1)N(C)C(=O)CSc1ccc2ccccc2c1. The van der Waals surface area contributed by atoms with E-state index in [1.54, 1.807) is 24.1 Å². The lowest BCUT2D eigenvalue weighted by Gasteiger charge is -2.25. The lowest BCUT2D eigenvalue weighted by Crippen LogP contribution is -2.31. The molecule has 6 heteroatoms. The number of nitrogens with zero attached hydrogens (tertiary/aromatic N) is 2. The average molecular weight is 380 g/mol. The molecule has 3 rings (SSSR count). The Morgan fingerprint density at radius 2 is 1.81 bits per heavy atom. The normalized spacial score (nSPS) is 11.9. The van der Waals surface area contributed by atoms with Gasteiger partial charge < -0.3 is 4.90 Å². The van der Waals surface area contributed by atoms with Gasteiger partial charge in [0.05, 0.1) is 16.7 Å². The summed E-state index contributed by atoms with van der Waals surface area (Å²) in [6.07, 6.45) is 0. The number of nitro groups is 1. The van der Waals surface area contributed by atoms with E-state index in [0.29, 0.717) is 5.75 Å². The van der Waals surface area contributed by atoms with E-state index < -0.39 is 4.92 Å². The number of rotatable bonds is 6. The molecule has 0 heterocycles. The molecule has 0 saturated heterocycles. The fourth-order valence-electron chi connectivity index (χ4n) is 2.84. The molecule has 0 aliphatic carbocycles. The van der Waals surface area contributed by atoms with Crippen LogP contribution in [0.5, 0.6) is 0 Å². The number of hydrogen-bond acceptors (Lipinski definition) is 4.